The summed E-state index contributed by atoms with van der Waals surface area (Å²) < 4.78 is 29.2. The minimum Gasteiger partial charge on any atom is -0.315 e. The Morgan fingerprint density at radius 1 is 1.29 bits per heavy atom. The lowest BCUT2D eigenvalue weighted by atomic mass is 10.0. The van der Waals surface area contributed by atoms with Crippen LogP contribution in [0.25, 0.3) is 0 Å². The lowest BCUT2D eigenvalue weighted by molar-refractivity contribution is 0.195. The molecule has 21 heavy (non-hydrogen) atoms. The highest BCUT2D eigenvalue weighted by atomic mass is 32.2. The van der Waals surface area contributed by atoms with Crippen molar-refractivity contribution in [3.05, 3.63) is 0 Å². The van der Waals surface area contributed by atoms with E-state index in [4.69, 9.17) is 0 Å². The summed E-state index contributed by atoms with van der Waals surface area (Å²) in [6.45, 7) is 10.5. The third-order valence-electron chi connectivity index (χ3n) is 4.74. The van der Waals surface area contributed by atoms with E-state index in [0.29, 0.717) is 6.54 Å². The zero-order valence-electron chi connectivity index (χ0n) is 14.4. The quantitative estimate of drug-likeness (QED) is 0.698. The third-order valence-corrected chi connectivity index (χ3v) is 7.00. The fourth-order valence-corrected chi connectivity index (χ4v) is 4.60. The van der Waals surface area contributed by atoms with Gasteiger partial charge in [-0.15, -0.1) is 0 Å². The van der Waals surface area contributed by atoms with Crippen LogP contribution in [-0.4, -0.2) is 55.3 Å². The van der Waals surface area contributed by atoms with Gasteiger partial charge in [0, 0.05) is 31.7 Å². The van der Waals surface area contributed by atoms with Gasteiger partial charge in [-0.25, -0.2) is 0 Å². The minimum atomic E-state index is -3.39. The molecule has 0 aromatic carbocycles. The number of nitrogens with zero attached hydrogens (tertiary/aromatic N) is 2. The second kappa shape index (κ2) is 7.90. The molecule has 6 heteroatoms. The molecule has 0 amide bonds. The smallest absolute Gasteiger partial charge is 0.282 e. The molecule has 1 fully saturated rings. The Bertz CT molecular complexity index is 409. The van der Waals surface area contributed by atoms with Crippen molar-refractivity contribution < 1.29 is 8.42 Å². The van der Waals surface area contributed by atoms with Gasteiger partial charge in [-0.2, -0.15) is 17.0 Å². The Labute approximate surface area is 131 Å². The van der Waals surface area contributed by atoms with E-state index in [1.54, 1.807) is 15.7 Å². The van der Waals surface area contributed by atoms with Gasteiger partial charge in [0.25, 0.3) is 10.2 Å². The van der Waals surface area contributed by atoms with Crippen LogP contribution in [0.4, 0.5) is 0 Å². The van der Waals surface area contributed by atoms with Crippen molar-refractivity contribution in [3.8, 4) is 0 Å². The minimum absolute atomic E-state index is 0.0883. The van der Waals surface area contributed by atoms with Gasteiger partial charge in [0.2, 0.25) is 0 Å². The van der Waals surface area contributed by atoms with Crippen LogP contribution in [-0.2, 0) is 10.2 Å². The average Bonchev–Trinajstić information content (AvgIpc) is 2.47. The summed E-state index contributed by atoms with van der Waals surface area (Å²) in [5.41, 5.74) is -0.350. The number of rotatable bonds is 8. The Balaban J connectivity index is 2.86. The van der Waals surface area contributed by atoms with E-state index in [0.717, 1.165) is 45.2 Å². The highest BCUT2D eigenvalue weighted by molar-refractivity contribution is 7.86. The Morgan fingerprint density at radius 2 is 1.95 bits per heavy atom. The van der Waals surface area contributed by atoms with Crippen LogP contribution < -0.4 is 5.32 Å². The van der Waals surface area contributed by atoms with Crippen molar-refractivity contribution >= 4 is 10.2 Å². The van der Waals surface area contributed by atoms with Crippen molar-refractivity contribution in [3.63, 3.8) is 0 Å². The molecule has 1 atom stereocenters. The van der Waals surface area contributed by atoms with Gasteiger partial charge in [0.1, 0.15) is 0 Å². The summed E-state index contributed by atoms with van der Waals surface area (Å²) in [6.07, 6.45) is 4.91. The van der Waals surface area contributed by atoms with Gasteiger partial charge >= 0.3 is 0 Å². The SMILES string of the molecule is CCCNCC1CCCCN1S(=O)(=O)N(C)C(C)(C)CC. The van der Waals surface area contributed by atoms with E-state index < -0.39 is 10.2 Å². The molecule has 0 bridgehead atoms. The van der Waals surface area contributed by atoms with E-state index in [1.165, 1.54) is 0 Å². The summed E-state index contributed by atoms with van der Waals surface area (Å²) >= 11 is 0. The summed E-state index contributed by atoms with van der Waals surface area (Å²) in [5, 5.41) is 3.37. The van der Waals surface area contributed by atoms with Crippen LogP contribution >= 0.6 is 0 Å². The maximum Gasteiger partial charge on any atom is 0.282 e. The van der Waals surface area contributed by atoms with Gasteiger partial charge in [-0.1, -0.05) is 20.3 Å². The van der Waals surface area contributed by atoms with Crippen molar-refractivity contribution in [1.82, 2.24) is 13.9 Å². The van der Waals surface area contributed by atoms with Crippen LogP contribution in [0.1, 0.15) is 59.8 Å². The molecule has 0 saturated carbocycles. The van der Waals surface area contributed by atoms with Gasteiger partial charge in [-0.05, 0) is 46.1 Å². The summed E-state index contributed by atoms with van der Waals surface area (Å²) in [6, 6.07) is 0.0883. The van der Waals surface area contributed by atoms with Crippen LogP contribution in [0.5, 0.6) is 0 Å². The van der Waals surface area contributed by atoms with Gasteiger partial charge < -0.3 is 5.32 Å². The van der Waals surface area contributed by atoms with Crippen molar-refractivity contribution in [1.29, 1.82) is 0 Å². The molecule has 1 N–H and O–H groups in total. The standard InChI is InChI=1S/C15H33N3O2S/c1-6-11-16-13-14-10-8-9-12-18(14)21(19,20)17(5)15(3,4)7-2/h14,16H,6-13H2,1-5H3. The summed E-state index contributed by atoms with van der Waals surface area (Å²) in [5.74, 6) is 0. The van der Waals surface area contributed by atoms with Crippen molar-refractivity contribution in [2.75, 3.05) is 26.7 Å². The monoisotopic (exact) mass is 319 g/mol. The largest absolute Gasteiger partial charge is 0.315 e. The van der Waals surface area contributed by atoms with Gasteiger partial charge in [0.15, 0.2) is 0 Å². The molecule has 0 aromatic rings. The average molecular weight is 320 g/mol. The molecule has 0 spiro atoms. The van der Waals surface area contributed by atoms with E-state index in [9.17, 15) is 8.42 Å². The molecule has 0 aliphatic carbocycles. The van der Waals surface area contributed by atoms with E-state index >= 15 is 0 Å². The molecule has 1 rings (SSSR count). The van der Waals surface area contributed by atoms with Gasteiger partial charge in [0.05, 0.1) is 0 Å². The third kappa shape index (κ3) is 4.65. The first-order chi connectivity index (χ1) is 9.77. The lowest BCUT2D eigenvalue weighted by Gasteiger charge is -2.42. The summed E-state index contributed by atoms with van der Waals surface area (Å²) in [7, 11) is -1.68. The predicted molar refractivity (Wildman–Crippen MR) is 88.6 cm³/mol. The molecule has 0 radical (unpaired) electrons. The maximum absolute atomic E-state index is 13.0. The molecule has 5 nitrogen and oxygen atoms in total. The molecular formula is C15H33N3O2S. The zero-order valence-corrected chi connectivity index (χ0v) is 15.2. The van der Waals surface area contributed by atoms with Gasteiger partial charge in [-0.3, -0.25) is 0 Å². The second-order valence-electron chi connectivity index (χ2n) is 6.61. The molecule has 1 heterocycles. The zero-order chi connectivity index (χ0) is 16.1. The van der Waals surface area contributed by atoms with E-state index in [2.05, 4.69) is 12.2 Å². The van der Waals surface area contributed by atoms with E-state index in [1.807, 2.05) is 20.8 Å². The number of nitrogens with one attached hydrogen (secondary N) is 1. The normalized spacial score (nSPS) is 21.9. The van der Waals surface area contributed by atoms with Crippen LogP contribution in [0, 0.1) is 0 Å². The topological polar surface area (TPSA) is 52.7 Å². The molecule has 1 saturated heterocycles. The summed E-state index contributed by atoms with van der Waals surface area (Å²) in [4.78, 5) is 0. The lowest BCUT2D eigenvalue weighted by Crippen LogP contribution is -2.57. The number of hydrogen-bond acceptors (Lipinski definition) is 3. The van der Waals surface area contributed by atoms with Crippen molar-refractivity contribution in [2.45, 2.75) is 71.4 Å². The first kappa shape index (κ1) is 18.9. The first-order valence-corrected chi connectivity index (χ1v) is 9.63. The fraction of sp³-hybridized carbons (Fsp3) is 1.00. The molecule has 126 valence electrons. The maximum atomic E-state index is 13.0. The Hall–Kier alpha value is -0.170. The Morgan fingerprint density at radius 3 is 2.52 bits per heavy atom. The number of piperidine rings is 1. The van der Waals surface area contributed by atoms with Crippen LogP contribution in [0.15, 0.2) is 0 Å². The first-order valence-electron chi connectivity index (χ1n) is 8.24. The molecule has 0 aromatic heterocycles. The second-order valence-corrected chi connectivity index (χ2v) is 8.52. The number of hydrogen-bond donors (Lipinski definition) is 1. The van der Waals surface area contributed by atoms with Crippen LogP contribution in [0.2, 0.25) is 0 Å². The molecule has 1 aliphatic rings. The Kier molecular flexibility index (Phi) is 7.10. The van der Waals surface area contributed by atoms with Crippen LogP contribution in [0.3, 0.4) is 0 Å². The predicted octanol–water partition coefficient (Wildman–Crippen LogP) is 2.21. The molecular weight excluding hydrogens is 286 g/mol. The fourth-order valence-electron chi connectivity index (χ4n) is 2.62. The highest BCUT2D eigenvalue weighted by Gasteiger charge is 2.39. The van der Waals surface area contributed by atoms with E-state index in [-0.39, 0.29) is 11.6 Å². The van der Waals surface area contributed by atoms with Crippen molar-refractivity contribution in [2.24, 2.45) is 0 Å². The highest BCUT2D eigenvalue weighted by Crippen LogP contribution is 2.27. The molecule has 1 unspecified atom stereocenters. The molecule has 1 aliphatic heterocycles.